The highest BCUT2D eigenvalue weighted by atomic mass is 32.1. The van der Waals surface area contributed by atoms with Crippen molar-refractivity contribution in [2.75, 3.05) is 18.5 Å². The van der Waals surface area contributed by atoms with Crippen LogP contribution in [-0.2, 0) is 0 Å². The van der Waals surface area contributed by atoms with Gasteiger partial charge in [-0.1, -0.05) is 0 Å². The predicted molar refractivity (Wildman–Crippen MR) is 43.0 cm³/mol. The van der Waals surface area contributed by atoms with Crippen molar-refractivity contribution in [3.63, 3.8) is 0 Å². The molecule has 2 nitrogen and oxygen atoms in total. The second-order valence-corrected chi connectivity index (χ2v) is 3.20. The van der Waals surface area contributed by atoms with Gasteiger partial charge in [0.1, 0.15) is 6.61 Å². The van der Waals surface area contributed by atoms with Crippen LogP contribution in [0.1, 0.15) is 5.56 Å². The lowest BCUT2D eigenvalue weighted by atomic mass is 10.3. The summed E-state index contributed by atoms with van der Waals surface area (Å²) in [5.41, 5.74) is 2.48. The first-order chi connectivity index (χ1) is 4.88. The topological polar surface area (TPSA) is 21.3 Å². The Morgan fingerprint density at radius 3 is 3.40 bits per heavy atom. The molecule has 0 atom stereocenters. The van der Waals surface area contributed by atoms with E-state index < -0.39 is 0 Å². The molecule has 1 aromatic rings. The number of aryl methyl sites for hydroxylation is 1. The monoisotopic (exact) mass is 155 g/mol. The van der Waals surface area contributed by atoms with Crippen LogP contribution in [0.25, 0.3) is 0 Å². The van der Waals surface area contributed by atoms with E-state index in [1.165, 1.54) is 11.3 Å². The molecule has 2 rings (SSSR count). The largest absolute Gasteiger partial charge is 0.481 e. The summed E-state index contributed by atoms with van der Waals surface area (Å²) >= 11 is 1.67. The number of hydrogen-bond donors (Lipinski definition) is 1. The van der Waals surface area contributed by atoms with E-state index in [1.54, 1.807) is 11.3 Å². The molecule has 0 saturated heterocycles. The Labute approximate surface area is 63.8 Å². The van der Waals surface area contributed by atoms with E-state index >= 15 is 0 Å². The smallest absolute Gasteiger partial charge is 0.197 e. The summed E-state index contributed by atoms with van der Waals surface area (Å²) in [5.74, 6) is 0. The highest BCUT2D eigenvalue weighted by Gasteiger charge is 2.12. The Balaban J connectivity index is 2.45. The summed E-state index contributed by atoms with van der Waals surface area (Å²) in [5, 5.41) is 6.46. The van der Waals surface area contributed by atoms with Gasteiger partial charge in [0.15, 0.2) is 5.06 Å². The summed E-state index contributed by atoms with van der Waals surface area (Å²) in [7, 11) is 0. The van der Waals surface area contributed by atoms with Crippen LogP contribution in [0.4, 0.5) is 5.69 Å². The van der Waals surface area contributed by atoms with E-state index in [-0.39, 0.29) is 0 Å². The quantitative estimate of drug-likeness (QED) is 0.617. The second-order valence-electron chi connectivity index (χ2n) is 2.36. The Bertz CT molecular complexity index is 244. The van der Waals surface area contributed by atoms with Crippen molar-refractivity contribution in [1.29, 1.82) is 0 Å². The van der Waals surface area contributed by atoms with Crippen LogP contribution in [0.2, 0.25) is 0 Å². The first-order valence-electron chi connectivity index (χ1n) is 3.32. The first-order valence-corrected chi connectivity index (χ1v) is 4.20. The van der Waals surface area contributed by atoms with Crippen LogP contribution in [0.5, 0.6) is 5.06 Å². The zero-order chi connectivity index (χ0) is 6.97. The Kier molecular flexibility index (Phi) is 1.31. The minimum Gasteiger partial charge on any atom is -0.481 e. The van der Waals surface area contributed by atoms with Gasteiger partial charge >= 0.3 is 0 Å². The normalized spacial score (nSPS) is 15.3. The number of ether oxygens (including phenoxy) is 1. The molecular weight excluding hydrogens is 146 g/mol. The van der Waals surface area contributed by atoms with Crippen molar-refractivity contribution in [3.05, 3.63) is 10.9 Å². The maximum absolute atomic E-state index is 5.40. The van der Waals surface area contributed by atoms with Crippen LogP contribution in [0, 0.1) is 6.92 Å². The van der Waals surface area contributed by atoms with Crippen molar-refractivity contribution in [1.82, 2.24) is 0 Å². The Morgan fingerprint density at radius 1 is 1.70 bits per heavy atom. The lowest BCUT2D eigenvalue weighted by Crippen LogP contribution is -2.16. The van der Waals surface area contributed by atoms with Crippen LogP contribution >= 0.6 is 11.3 Å². The molecule has 0 fully saturated rings. The number of anilines is 1. The van der Waals surface area contributed by atoms with Gasteiger partial charge < -0.3 is 10.1 Å². The van der Waals surface area contributed by atoms with Crippen molar-refractivity contribution in [2.45, 2.75) is 6.92 Å². The fraction of sp³-hybridized carbons (Fsp3) is 0.429. The molecule has 0 amide bonds. The van der Waals surface area contributed by atoms with Crippen molar-refractivity contribution in [2.24, 2.45) is 0 Å². The van der Waals surface area contributed by atoms with Gasteiger partial charge in [-0.15, -0.1) is 11.3 Å². The summed E-state index contributed by atoms with van der Waals surface area (Å²) in [6.07, 6.45) is 0. The lowest BCUT2D eigenvalue weighted by molar-refractivity contribution is 0.333. The molecular formula is C7H9NOS. The van der Waals surface area contributed by atoms with Gasteiger partial charge in [-0.3, -0.25) is 0 Å². The van der Waals surface area contributed by atoms with E-state index in [4.69, 9.17) is 4.74 Å². The van der Waals surface area contributed by atoms with Crippen molar-refractivity contribution >= 4 is 17.0 Å². The molecule has 1 aliphatic rings. The molecule has 0 aromatic carbocycles. The van der Waals surface area contributed by atoms with Crippen molar-refractivity contribution in [3.8, 4) is 5.06 Å². The predicted octanol–water partition coefficient (Wildman–Crippen LogP) is 1.86. The molecule has 1 N–H and O–H groups in total. The number of hydrogen-bond acceptors (Lipinski definition) is 3. The first kappa shape index (κ1) is 6.04. The molecule has 0 radical (unpaired) electrons. The average molecular weight is 155 g/mol. The molecule has 0 unspecified atom stereocenters. The third-order valence-corrected chi connectivity index (χ3v) is 2.59. The van der Waals surface area contributed by atoms with Crippen LogP contribution in [-0.4, -0.2) is 13.2 Å². The summed E-state index contributed by atoms with van der Waals surface area (Å²) in [6, 6.07) is 0. The maximum Gasteiger partial charge on any atom is 0.197 e. The van der Waals surface area contributed by atoms with Gasteiger partial charge in [-0.2, -0.15) is 0 Å². The average Bonchev–Trinajstić information content (AvgIpc) is 2.34. The molecule has 0 aliphatic carbocycles. The number of rotatable bonds is 0. The molecule has 0 spiro atoms. The van der Waals surface area contributed by atoms with Gasteiger partial charge in [0.05, 0.1) is 5.69 Å². The SMILES string of the molecule is Cc1csc2c1NCCO2. The highest BCUT2D eigenvalue weighted by molar-refractivity contribution is 7.12. The van der Waals surface area contributed by atoms with Gasteiger partial charge in [-0.25, -0.2) is 0 Å². The van der Waals surface area contributed by atoms with E-state index in [9.17, 15) is 0 Å². The third-order valence-electron chi connectivity index (χ3n) is 1.58. The van der Waals surface area contributed by atoms with Gasteiger partial charge in [-0.05, 0) is 17.9 Å². The van der Waals surface area contributed by atoms with E-state index in [2.05, 4.69) is 17.6 Å². The number of fused-ring (bicyclic) bond motifs is 1. The zero-order valence-electron chi connectivity index (χ0n) is 5.81. The van der Waals surface area contributed by atoms with Crippen LogP contribution in [0.15, 0.2) is 5.38 Å². The summed E-state index contributed by atoms with van der Waals surface area (Å²) < 4.78 is 5.40. The number of nitrogens with one attached hydrogen (secondary N) is 1. The van der Waals surface area contributed by atoms with E-state index in [1.807, 2.05) is 0 Å². The molecule has 1 aromatic heterocycles. The minimum atomic E-state index is 0.799. The fourth-order valence-corrected chi connectivity index (χ4v) is 1.96. The fourth-order valence-electron chi connectivity index (χ4n) is 1.06. The lowest BCUT2D eigenvalue weighted by Gasteiger charge is -2.15. The van der Waals surface area contributed by atoms with Gasteiger partial charge in [0, 0.05) is 6.54 Å². The second kappa shape index (κ2) is 2.16. The Hall–Kier alpha value is -0.700. The van der Waals surface area contributed by atoms with E-state index in [0.29, 0.717) is 0 Å². The number of thiophene rings is 1. The third kappa shape index (κ3) is 0.778. The molecule has 2 heterocycles. The van der Waals surface area contributed by atoms with Gasteiger partial charge in [0.2, 0.25) is 0 Å². The molecule has 1 aliphatic heterocycles. The maximum atomic E-state index is 5.40. The summed E-state index contributed by atoms with van der Waals surface area (Å²) in [6.45, 7) is 3.83. The summed E-state index contributed by atoms with van der Waals surface area (Å²) in [4.78, 5) is 0. The van der Waals surface area contributed by atoms with Crippen LogP contribution < -0.4 is 10.1 Å². The van der Waals surface area contributed by atoms with Gasteiger partial charge in [0.25, 0.3) is 0 Å². The molecule has 54 valence electrons. The molecule has 3 heteroatoms. The minimum absolute atomic E-state index is 0.799. The molecule has 0 bridgehead atoms. The van der Waals surface area contributed by atoms with Crippen LogP contribution in [0.3, 0.4) is 0 Å². The van der Waals surface area contributed by atoms with Crippen molar-refractivity contribution < 1.29 is 4.74 Å². The molecule has 10 heavy (non-hydrogen) atoms. The zero-order valence-corrected chi connectivity index (χ0v) is 6.62. The Morgan fingerprint density at radius 2 is 2.60 bits per heavy atom. The molecule has 0 saturated carbocycles. The standard InChI is InChI=1S/C7H9NOS/c1-5-4-10-7-6(5)8-2-3-9-7/h4,8H,2-3H2,1H3. The highest BCUT2D eigenvalue weighted by Crippen LogP contribution is 2.36. The van der Waals surface area contributed by atoms with E-state index in [0.717, 1.165) is 18.2 Å².